The van der Waals surface area contributed by atoms with Crippen LogP contribution in [0.3, 0.4) is 0 Å². The third kappa shape index (κ3) is 10.6. The second-order valence-corrected chi connectivity index (χ2v) is 8.86. The van der Waals surface area contributed by atoms with Gasteiger partial charge in [0.15, 0.2) is 5.78 Å². The molecule has 3 rings (SSSR count). The van der Waals surface area contributed by atoms with Crippen molar-refractivity contribution in [3.8, 4) is 0 Å². The predicted molar refractivity (Wildman–Crippen MR) is 142 cm³/mol. The largest absolute Gasteiger partial charge is 0.447 e. The third-order valence-electron chi connectivity index (χ3n) is 4.89. The first-order valence-electron chi connectivity index (χ1n) is 12.0. The molecular formula is C27H40ClN3O3. The van der Waals surface area contributed by atoms with Crippen LogP contribution in [0.5, 0.6) is 0 Å². The lowest BCUT2D eigenvalue weighted by atomic mass is 9.97. The van der Waals surface area contributed by atoms with Crippen molar-refractivity contribution in [2.45, 2.75) is 60.0 Å². The number of carbonyl (C=O) groups is 2. The van der Waals surface area contributed by atoms with E-state index in [1.54, 1.807) is 17.9 Å². The highest BCUT2D eigenvalue weighted by atomic mass is 35.5. The van der Waals surface area contributed by atoms with Gasteiger partial charge in [-0.2, -0.15) is 0 Å². The first kappa shape index (κ1) is 29.5. The monoisotopic (exact) mass is 489 g/mol. The molecule has 1 heterocycles. The van der Waals surface area contributed by atoms with E-state index in [0.29, 0.717) is 10.6 Å². The Hall–Kier alpha value is -2.57. The molecule has 2 aliphatic rings. The molecule has 0 unspecified atom stereocenters. The second kappa shape index (κ2) is 16.1. The molecule has 0 bridgehead atoms. The normalized spacial score (nSPS) is 16.5. The number of ketones is 1. The van der Waals surface area contributed by atoms with Gasteiger partial charge in [-0.05, 0) is 80.8 Å². The Kier molecular flexibility index (Phi) is 14.0. The standard InChI is InChI=1S/C16H16ClNO.C8H16N2O2.C3H8/c1-11(19)15-9-12(3-2-8-18)4-5-13-6-7-14(17)10-16(13)15;1-7(2)12-8(11)10-5-3-9-4-6-10;1-3-2/h2-3,6-10H,4-5,18H2,1H3;7,9H,3-6H2,1-2H3;3H2,1-2H3/b8-2-,12-3+;;. The molecule has 0 aromatic heterocycles. The number of ether oxygens (including phenoxy) is 1. The predicted octanol–water partition coefficient (Wildman–Crippen LogP) is 5.51. The molecule has 188 valence electrons. The summed E-state index contributed by atoms with van der Waals surface area (Å²) in [6.45, 7) is 12.8. The molecule has 1 aliphatic heterocycles. The molecule has 0 spiro atoms. The number of hydrogen-bond donors (Lipinski definition) is 2. The number of fused-ring (bicyclic) bond motifs is 1. The zero-order valence-corrected chi connectivity index (χ0v) is 22.0. The van der Waals surface area contributed by atoms with E-state index in [4.69, 9.17) is 22.1 Å². The van der Waals surface area contributed by atoms with E-state index in [0.717, 1.165) is 55.7 Å². The van der Waals surface area contributed by atoms with E-state index < -0.39 is 0 Å². The lowest BCUT2D eigenvalue weighted by Crippen LogP contribution is -2.47. The van der Waals surface area contributed by atoms with Crippen LogP contribution in [0.15, 0.2) is 48.2 Å². The van der Waals surface area contributed by atoms with Gasteiger partial charge in [0.1, 0.15) is 0 Å². The highest BCUT2D eigenvalue weighted by Gasteiger charge is 2.18. The topological polar surface area (TPSA) is 84.7 Å². The van der Waals surface area contributed by atoms with E-state index in [-0.39, 0.29) is 18.0 Å². The smallest absolute Gasteiger partial charge is 0.410 e. The highest BCUT2D eigenvalue weighted by Crippen LogP contribution is 2.30. The molecule has 1 aromatic carbocycles. The Morgan fingerprint density at radius 1 is 1.21 bits per heavy atom. The van der Waals surface area contributed by atoms with Crippen molar-refractivity contribution in [3.05, 3.63) is 64.3 Å². The maximum atomic E-state index is 11.9. The summed E-state index contributed by atoms with van der Waals surface area (Å²) in [6, 6.07) is 5.73. The molecule has 0 radical (unpaired) electrons. The molecular weight excluding hydrogens is 450 g/mol. The number of nitrogens with zero attached hydrogens (tertiary/aromatic N) is 1. The van der Waals surface area contributed by atoms with Crippen LogP contribution in [0.1, 0.15) is 58.6 Å². The van der Waals surface area contributed by atoms with Gasteiger partial charge in [-0.3, -0.25) is 4.79 Å². The van der Waals surface area contributed by atoms with E-state index in [1.807, 2.05) is 44.2 Å². The number of hydrogen-bond acceptors (Lipinski definition) is 5. The van der Waals surface area contributed by atoms with Gasteiger partial charge < -0.3 is 20.7 Å². The van der Waals surface area contributed by atoms with Crippen LogP contribution in [0.2, 0.25) is 5.02 Å². The van der Waals surface area contributed by atoms with E-state index in [2.05, 4.69) is 19.2 Å². The zero-order chi connectivity index (χ0) is 25.5. The molecule has 7 heteroatoms. The maximum Gasteiger partial charge on any atom is 0.410 e. The zero-order valence-electron chi connectivity index (χ0n) is 21.2. The fourth-order valence-corrected chi connectivity index (χ4v) is 3.53. The molecule has 1 aliphatic carbocycles. The van der Waals surface area contributed by atoms with E-state index in [9.17, 15) is 9.59 Å². The summed E-state index contributed by atoms with van der Waals surface area (Å²) in [7, 11) is 0. The van der Waals surface area contributed by atoms with Gasteiger partial charge in [0.25, 0.3) is 0 Å². The summed E-state index contributed by atoms with van der Waals surface area (Å²) in [5, 5.41) is 3.83. The average molecular weight is 490 g/mol. The average Bonchev–Trinajstić information content (AvgIpc) is 2.98. The van der Waals surface area contributed by atoms with E-state index in [1.165, 1.54) is 12.6 Å². The minimum atomic E-state index is -0.188. The third-order valence-corrected chi connectivity index (χ3v) is 5.12. The number of amides is 1. The Morgan fingerprint density at radius 2 is 1.85 bits per heavy atom. The SMILES string of the molecule is CC(=O)C1=C/C(=C/C=C\N)CCc2ccc(Cl)cc21.CC(C)OC(=O)N1CCNCC1.CCC. The molecule has 3 N–H and O–H groups in total. The fraction of sp³-hybridized carbons (Fsp3) is 0.481. The van der Waals surface area contributed by atoms with Crippen LogP contribution in [0, 0.1) is 0 Å². The molecule has 34 heavy (non-hydrogen) atoms. The molecule has 1 aromatic rings. The number of allylic oxidation sites excluding steroid dienone is 5. The van der Waals surface area contributed by atoms with Crippen molar-refractivity contribution in [3.63, 3.8) is 0 Å². The van der Waals surface area contributed by atoms with Crippen LogP contribution in [-0.2, 0) is 16.0 Å². The minimum absolute atomic E-state index is 0.0209. The van der Waals surface area contributed by atoms with E-state index >= 15 is 0 Å². The van der Waals surface area contributed by atoms with Gasteiger partial charge in [0, 0.05) is 36.8 Å². The quantitative estimate of drug-likeness (QED) is 0.584. The Balaban J connectivity index is 0.000000330. The van der Waals surface area contributed by atoms with Crippen molar-refractivity contribution in [1.29, 1.82) is 0 Å². The lowest BCUT2D eigenvalue weighted by Gasteiger charge is -2.27. The molecule has 6 nitrogen and oxygen atoms in total. The summed E-state index contributed by atoms with van der Waals surface area (Å²) >= 11 is 6.04. The lowest BCUT2D eigenvalue weighted by molar-refractivity contribution is -0.111. The van der Waals surface area contributed by atoms with Crippen molar-refractivity contribution in [2.24, 2.45) is 5.73 Å². The first-order chi connectivity index (χ1) is 16.2. The highest BCUT2D eigenvalue weighted by molar-refractivity contribution is 6.31. The van der Waals surface area contributed by atoms with Gasteiger partial charge in [-0.15, -0.1) is 0 Å². The minimum Gasteiger partial charge on any atom is -0.447 e. The Morgan fingerprint density at radius 3 is 2.41 bits per heavy atom. The van der Waals surface area contributed by atoms with Crippen molar-refractivity contribution in [1.82, 2.24) is 10.2 Å². The Bertz CT molecular complexity index is 885. The number of aryl methyl sites for hydroxylation is 1. The summed E-state index contributed by atoms with van der Waals surface area (Å²) in [6.07, 6.45) is 9.97. The van der Waals surface area contributed by atoms with Crippen LogP contribution in [0.25, 0.3) is 5.57 Å². The Labute approximate surface area is 209 Å². The number of halogens is 1. The van der Waals surface area contributed by atoms with Gasteiger partial charge in [0.2, 0.25) is 0 Å². The molecule has 1 amide bonds. The van der Waals surface area contributed by atoms with Crippen LogP contribution >= 0.6 is 11.6 Å². The van der Waals surface area contributed by atoms with Gasteiger partial charge in [-0.1, -0.05) is 44.0 Å². The van der Waals surface area contributed by atoms with Crippen LogP contribution < -0.4 is 11.1 Å². The number of nitrogens with one attached hydrogen (secondary N) is 1. The van der Waals surface area contributed by atoms with Gasteiger partial charge in [0.05, 0.1) is 6.10 Å². The number of nitrogens with two attached hydrogens (primary N) is 1. The first-order valence-corrected chi connectivity index (χ1v) is 12.4. The van der Waals surface area contributed by atoms with Gasteiger partial charge in [-0.25, -0.2) is 4.79 Å². The van der Waals surface area contributed by atoms with Crippen molar-refractivity contribution < 1.29 is 14.3 Å². The number of carbonyl (C=O) groups excluding carboxylic acids is 2. The second-order valence-electron chi connectivity index (χ2n) is 8.42. The number of benzene rings is 1. The van der Waals surface area contributed by atoms with Crippen molar-refractivity contribution >= 4 is 29.1 Å². The molecule has 0 saturated carbocycles. The van der Waals surface area contributed by atoms with Crippen LogP contribution in [0.4, 0.5) is 4.79 Å². The van der Waals surface area contributed by atoms with Crippen LogP contribution in [-0.4, -0.2) is 49.1 Å². The van der Waals surface area contributed by atoms with Gasteiger partial charge >= 0.3 is 6.09 Å². The number of piperazine rings is 1. The number of Topliss-reactive ketones (excluding diaryl/α,β-unsaturated/α-hetero) is 1. The number of rotatable bonds is 3. The molecule has 1 saturated heterocycles. The fourth-order valence-electron chi connectivity index (χ4n) is 3.36. The maximum absolute atomic E-state index is 11.9. The molecule has 1 fully saturated rings. The summed E-state index contributed by atoms with van der Waals surface area (Å²) in [5.41, 5.74) is 9.27. The molecule has 0 atom stereocenters. The van der Waals surface area contributed by atoms with Crippen molar-refractivity contribution in [2.75, 3.05) is 26.2 Å². The summed E-state index contributed by atoms with van der Waals surface area (Å²) in [5.74, 6) is 0.0491. The summed E-state index contributed by atoms with van der Waals surface area (Å²) < 4.78 is 5.05. The summed E-state index contributed by atoms with van der Waals surface area (Å²) in [4.78, 5) is 24.9.